The van der Waals surface area contributed by atoms with Crippen molar-refractivity contribution in [2.75, 3.05) is 0 Å². The van der Waals surface area contributed by atoms with Gasteiger partial charge in [-0.1, -0.05) is 25.5 Å². The van der Waals surface area contributed by atoms with Gasteiger partial charge in [0.05, 0.1) is 0 Å². The van der Waals surface area contributed by atoms with E-state index in [-0.39, 0.29) is 11.4 Å². The van der Waals surface area contributed by atoms with E-state index in [0.29, 0.717) is 17.8 Å². The van der Waals surface area contributed by atoms with Crippen LogP contribution < -0.4 is 5.56 Å². The molecule has 2 N–H and O–H groups in total. The van der Waals surface area contributed by atoms with Crippen molar-refractivity contribution in [1.82, 2.24) is 9.97 Å². The van der Waals surface area contributed by atoms with Crippen LogP contribution in [-0.4, -0.2) is 15.1 Å². The molecule has 0 unspecified atom stereocenters. The number of nitrogens with zero attached hydrogens (tertiary/aromatic N) is 1. The second-order valence-electron chi connectivity index (χ2n) is 4.33. The highest BCUT2D eigenvalue weighted by Crippen LogP contribution is 2.23. The van der Waals surface area contributed by atoms with Crippen LogP contribution in [0.15, 0.2) is 29.1 Å². The number of hydrogen-bond donors (Lipinski definition) is 2. The lowest BCUT2D eigenvalue weighted by atomic mass is 10.1. The molecule has 1 aromatic heterocycles. The Labute approximate surface area is 110 Å². The highest BCUT2D eigenvalue weighted by molar-refractivity contribution is 5.67. The van der Waals surface area contributed by atoms with Crippen LogP contribution in [0.5, 0.6) is 5.88 Å². The molecule has 0 amide bonds. The molecule has 4 nitrogen and oxygen atoms in total. The molecule has 0 aliphatic heterocycles. The van der Waals surface area contributed by atoms with Crippen molar-refractivity contribution in [2.45, 2.75) is 26.2 Å². The number of aromatic nitrogens is 2. The van der Waals surface area contributed by atoms with Crippen molar-refractivity contribution in [3.05, 3.63) is 46.3 Å². The molecule has 1 aromatic carbocycles. The van der Waals surface area contributed by atoms with Crippen LogP contribution >= 0.6 is 0 Å². The maximum absolute atomic E-state index is 13.1. The van der Waals surface area contributed by atoms with Crippen LogP contribution in [0.2, 0.25) is 0 Å². The van der Waals surface area contributed by atoms with Gasteiger partial charge in [-0.25, -0.2) is 4.39 Å². The Bertz CT molecular complexity index is 638. The van der Waals surface area contributed by atoms with Gasteiger partial charge in [-0.15, -0.1) is 0 Å². The molecule has 0 spiro atoms. The van der Waals surface area contributed by atoms with E-state index in [2.05, 4.69) is 9.97 Å². The number of aryl methyl sites for hydroxylation is 1. The normalized spacial score (nSPS) is 10.6. The Hall–Kier alpha value is -2.17. The average molecular weight is 262 g/mol. The molecule has 0 aliphatic carbocycles. The number of benzene rings is 1. The first-order valence-corrected chi connectivity index (χ1v) is 6.20. The molecule has 5 heteroatoms. The lowest BCUT2D eigenvalue weighted by Gasteiger charge is -2.06. The second-order valence-corrected chi connectivity index (χ2v) is 4.33. The molecule has 0 saturated heterocycles. The van der Waals surface area contributed by atoms with Crippen molar-refractivity contribution in [3.63, 3.8) is 0 Å². The molecule has 2 aromatic rings. The molecule has 0 atom stereocenters. The maximum Gasteiger partial charge on any atom is 0.262 e. The van der Waals surface area contributed by atoms with Crippen LogP contribution in [0, 0.1) is 5.82 Å². The zero-order valence-corrected chi connectivity index (χ0v) is 10.6. The molecular weight excluding hydrogens is 247 g/mol. The highest BCUT2D eigenvalue weighted by Gasteiger charge is 2.13. The zero-order chi connectivity index (χ0) is 13.8. The summed E-state index contributed by atoms with van der Waals surface area (Å²) in [5.74, 6) is -0.378. The van der Waals surface area contributed by atoms with E-state index in [4.69, 9.17) is 0 Å². The SMILES string of the molecule is CCCCc1nc(O)c(-c2cccc(F)c2)c(=O)[nH]1. The minimum absolute atomic E-state index is 0.000233. The Kier molecular flexibility index (Phi) is 3.94. The predicted octanol–water partition coefficient (Wildman–Crippen LogP) is 2.62. The molecule has 1 heterocycles. The van der Waals surface area contributed by atoms with Gasteiger partial charge in [-0.2, -0.15) is 4.98 Å². The van der Waals surface area contributed by atoms with Crippen LogP contribution in [0.3, 0.4) is 0 Å². The van der Waals surface area contributed by atoms with Crippen LogP contribution in [0.1, 0.15) is 25.6 Å². The van der Waals surface area contributed by atoms with Crippen LogP contribution in [0.4, 0.5) is 4.39 Å². The number of rotatable bonds is 4. The van der Waals surface area contributed by atoms with Gasteiger partial charge < -0.3 is 10.1 Å². The molecule has 0 fully saturated rings. The third kappa shape index (κ3) is 2.99. The molecule has 0 bridgehead atoms. The van der Waals surface area contributed by atoms with E-state index in [9.17, 15) is 14.3 Å². The lowest BCUT2D eigenvalue weighted by molar-refractivity contribution is 0.449. The Morgan fingerprint density at radius 2 is 2.21 bits per heavy atom. The topological polar surface area (TPSA) is 66.0 Å². The van der Waals surface area contributed by atoms with Crippen LogP contribution in [-0.2, 0) is 6.42 Å². The number of H-pyrrole nitrogens is 1. The molecule has 0 radical (unpaired) electrons. The first-order chi connectivity index (χ1) is 9.11. The van der Waals surface area contributed by atoms with Gasteiger partial charge in [0.2, 0.25) is 5.88 Å². The van der Waals surface area contributed by atoms with E-state index in [1.165, 1.54) is 18.2 Å². The Balaban J connectivity index is 2.45. The van der Waals surface area contributed by atoms with Gasteiger partial charge in [0.15, 0.2) is 0 Å². The van der Waals surface area contributed by atoms with Crippen LogP contribution in [0.25, 0.3) is 11.1 Å². The molecule has 0 saturated carbocycles. The number of aromatic hydroxyl groups is 1. The van der Waals surface area contributed by atoms with E-state index in [1.54, 1.807) is 6.07 Å². The Morgan fingerprint density at radius 3 is 2.84 bits per heavy atom. The minimum Gasteiger partial charge on any atom is -0.493 e. The van der Waals surface area contributed by atoms with Crippen molar-refractivity contribution < 1.29 is 9.50 Å². The quantitative estimate of drug-likeness (QED) is 0.890. The van der Waals surface area contributed by atoms with Crippen molar-refractivity contribution >= 4 is 0 Å². The van der Waals surface area contributed by atoms with Crippen molar-refractivity contribution in [3.8, 4) is 17.0 Å². The Morgan fingerprint density at radius 1 is 1.42 bits per heavy atom. The largest absolute Gasteiger partial charge is 0.493 e. The zero-order valence-electron chi connectivity index (χ0n) is 10.6. The summed E-state index contributed by atoms with van der Waals surface area (Å²) in [6, 6.07) is 5.50. The summed E-state index contributed by atoms with van der Waals surface area (Å²) >= 11 is 0. The predicted molar refractivity (Wildman–Crippen MR) is 70.5 cm³/mol. The van der Waals surface area contributed by atoms with Gasteiger partial charge >= 0.3 is 0 Å². The fraction of sp³-hybridized carbons (Fsp3) is 0.286. The van der Waals surface area contributed by atoms with Gasteiger partial charge in [-0.05, 0) is 24.1 Å². The summed E-state index contributed by atoms with van der Waals surface area (Å²) in [5, 5.41) is 9.86. The monoisotopic (exact) mass is 262 g/mol. The number of hydrogen-bond acceptors (Lipinski definition) is 3. The first kappa shape index (κ1) is 13.3. The second kappa shape index (κ2) is 5.65. The molecule has 100 valence electrons. The summed E-state index contributed by atoms with van der Waals surface area (Å²) in [4.78, 5) is 18.5. The standard InChI is InChI=1S/C14H15FN2O2/c1-2-3-7-11-16-13(18)12(14(19)17-11)9-5-4-6-10(15)8-9/h4-6,8H,2-3,7H2,1H3,(H2,16,17,18,19). The van der Waals surface area contributed by atoms with Crippen molar-refractivity contribution in [2.24, 2.45) is 0 Å². The van der Waals surface area contributed by atoms with E-state index >= 15 is 0 Å². The fourth-order valence-electron chi connectivity index (χ4n) is 1.87. The van der Waals surface area contributed by atoms with E-state index < -0.39 is 11.4 Å². The summed E-state index contributed by atoms with van der Waals surface area (Å²) in [6.07, 6.45) is 2.44. The van der Waals surface area contributed by atoms with Crippen molar-refractivity contribution in [1.29, 1.82) is 0 Å². The maximum atomic E-state index is 13.1. The third-order valence-corrected chi connectivity index (χ3v) is 2.83. The van der Waals surface area contributed by atoms with Gasteiger partial charge in [-0.3, -0.25) is 4.79 Å². The summed E-state index contributed by atoms with van der Waals surface area (Å²) in [5.41, 5.74) is -0.141. The van der Waals surface area contributed by atoms with E-state index in [1.807, 2.05) is 6.92 Å². The third-order valence-electron chi connectivity index (χ3n) is 2.83. The summed E-state index contributed by atoms with van der Waals surface area (Å²) in [7, 11) is 0. The molecule has 2 rings (SSSR count). The average Bonchev–Trinajstić information content (AvgIpc) is 2.35. The smallest absolute Gasteiger partial charge is 0.262 e. The van der Waals surface area contributed by atoms with Gasteiger partial charge in [0, 0.05) is 6.42 Å². The molecule has 0 aliphatic rings. The number of halogens is 1. The molecular formula is C14H15FN2O2. The molecule has 19 heavy (non-hydrogen) atoms. The van der Waals surface area contributed by atoms with E-state index in [0.717, 1.165) is 12.8 Å². The van der Waals surface area contributed by atoms with Gasteiger partial charge in [0.1, 0.15) is 17.2 Å². The number of unbranched alkanes of at least 4 members (excludes halogenated alkanes) is 1. The first-order valence-electron chi connectivity index (χ1n) is 6.20. The highest BCUT2D eigenvalue weighted by atomic mass is 19.1. The van der Waals surface area contributed by atoms with Gasteiger partial charge in [0.25, 0.3) is 5.56 Å². The summed E-state index contributed by atoms with van der Waals surface area (Å²) < 4.78 is 13.1. The fourth-order valence-corrected chi connectivity index (χ4v) is 1.87. The number of aromatic amines is 1. The summed E-state index contributed by atoms with van der Waals surface area (Å²) in [6.45, 7) is 2.03. The minimum atomic E-state index is -0.466. The number of nitrogens with one attached hydrogen (secondary N) is 1. The lowest BCUT2D eigenvalue weighted by Crippen LogP contribution is -2.14.